The van der Waals surface area contributed by atoms with Gasteiger partial charge in [-0.2, -0.15) is 0 Å². The van der Waals surface area contributed by atoms with E-state index >= 15 is 0 Å². The first kappa shape index (κ1) is 5.36. The van der Waals surface area contributed by atoms with E-state index < -0.39 is 0 Å². The summed E-state index contributed by atoms with van der Waals surface area (Å²) >= 11 is 0. The van der Waals surface area contributed by atoms with Crippen LogP contribution in [0.15, 0.2) is 12.2 Å². The molecular formula is C9H12O. The zero-order chi connectivity index (χ0) is 6.77. The minimum atomic E-state index is 0.0243. The van der Waals surface area contributed by atoms with Gasteiger partial charge in [-0.25, -0.2) is 0 Å². The Morgan fingerprint density at radius 2 is 2.20 bits per heavy atom. The maximum Gasteiger partial charge on any atom is 0.0664 e. The quantitative estimate of drug-likeness (QED) is 0.498. The van der Waals surface area contributed by atoms with Gasteiger partial charge in [0.2, 0.25) is 0 Å². The van der Waals surface area contributed by atoms with E-state index in [0.717, 1.165) is 5.92 Å². The predicted octanol–water partition coefficient (Wildman–Crippen LogP) is 1.33. The fraction of sp³-hybridized carbons (Fsp3) is 0.778. The van der Waals surface area contributed by atoms with E-state index in [-0.39, 0.29) is 6.10 Å². The summed E-state index contributed by atoms with van der Waals surface area (Å²) in [7, 11) is 0. The summed E-state index contributed by atoms with van der Waals surface area (Å²) in [6.45, 7) is 0. The van der Waals surface area contributed by atoms with Crippen molar-refractivity contribution in [3.05, 3.63) is 12.2 Å². The largest absolute Gasteiger partial charge is 0.392 e. The van der Waals surface area contributed by atoms with E-state index in [9.17, 15) is 5.11 Å². The lowest BCUT2D eigenvalue weighted by molar-refractivity contribution is -0.0896. The smallest absolute Gasteiger partial charge is 0.0664 e. The first-order valence-electron chi connectivity index (χ1n) is 4.19. The van der Waals surface area contributed by atoms with Crippen LogP contribution in [0.2, 0.25) is 0 Å². The molecule has 0 aliphatic heterocycles. The van der Waals surface area contributed by atoms with E-state index in [4.69, 9.17) is 0 Å². The molecule has 54 valence electrons. The maximum absolute atomic E-state index is 9.66. The molecule has 1 nitrogen and oxygen atoms in total. The van der Waals surface area contributed by atoms with Crippen LogP contribution in [0.25, 0.3) is 0 Å². The van der Waals surface area contributed by atoms with Gasteiger partial charge < -0.3 is 5.11 Å². The van der Waals surface area contributed by atoms with E-state index in [1.807, 2.05) is 0 Å². The number of allylic oxidation sites excluding steroid dienone is 1. The second kappa shape index (κ2) is 1.33. The van der Waals surface area contributed by atoms with Gasteiger partial charge in [0.1, 0.15) is 0 Å². The van der Waals surface area contributed by atoms with Crippen molar-refractivity contribution in [1.82, 2.24) is 0 Å². The molecule has 0 bridgehead atoms. The number of hydrogen-bond donors (Lipinski definition) is 1. The lowest BCUT2D eigenvalue weighted by Gasteiger charge is -2.46. The molecule has 3 aliphatic carbocycles. The van der Waals surface area contributed by atoms with Gasteiger partial charge in [-0.1, -0.05) is 12.2 Å². The molecule has 3 aliphatic rings. The zero-order valence-corrected chi connectivity index (χ0v) is 5.96. The molecule has 3 rings (SSSR count). The van der Waals surface area contributed by atoms with Gasteiger partial charge in [0.05, 0.1) is 6.10 Å². The van der Waals surface area contributed by atoms with Crippen LogP contribution in [0.1, 0.15) is 19.3 Å². The Kier molecular flexibility index (Phi) is 0.713. The Morgan fingerprint density at radius 1 is 1.40 bits per heavy atom. The molecule has 2 fully saturated rings. The van der Waals surface area contributed by atoms with Crippen LogP contribution in [0, 0.1) is 17.3 Å². The monoisotopic (exact) mass is 136 g/mol. The van der Waals surface area contributed by atoms with Crippen molar-refractivity contribution >= 4 is 0 Å². The highest BCUT2D eigenvalue weighted by Gasteiger charge is 2.67. The molecule has 1 spiro atoms. The van der Waals surface area contributed by atoms with Crippen molar-refractivity contribution in [2.45, 2.75) is 25.4 Å². The van der Waals surface area contributed by atoms with Crippen LogP contribution in [-0.4, -0.2) is 11.2 Å². The molecule has 0 radical (unpaired) electrons. The van der Waals surface area contributed by atoms with Crippen LogP contribution < -0.4 is 0 Å². The number of aliphatic hydroxyl groups is 1. The molecule has 0 amide bonds. The average Bonchev–Trinajstić information content (AvgIpc) is 2.66. The van der Waals surface area contributed by atoms with Gasteiger partial charge in [0.25, 0.3) is 0 Å². The third kappa shape index (κ3) is 0.367. The van der Waals surface area contributed by atoms with Crippen LogP contribution in [0.5, 0.6) is 0 Å². The Balaban J connectivity index is 1.94. The molecule has 1 N–H and O–H groups in total. The molecule has 0 heterocycles. The second-order valence-corrected chi connectivity index (χ2v) is 4.03. The van der Waals surface area contributed by atoms with Crippen molar-refractivity contribution in [2.24, 2.45) is 17.3 Å². The predicted molar refractivity (Wildman–Crippen MR) is 38.4 cm³/mol. The van der Waals surface area contributed by atoms with Crippen molar-refractivity contribution in [3.8, 4) is 0 Å². The summed E-state index contributed by atoms with van der Waals surface area (Å²) in [5, 5.41) is 9.66. The third-order valence-electron chi connectivity index (χ3n) is 3.73. The number of fused-ring (bicyclic) bond motifs is 2. The molecular weight excluding hydrogens is 124 g/mol. The van der Waals surface area contributed by atoms with Gasteiger partial charge in [0.15, 0.2) is 0 Å². The fourth-order valence-electron chi connectivity index (χ4n) is 2.91. The zero-order valence-electron chi connectivity index (χ0n) is 5.96. The SMILES string of the molecule is O[C@H]1[C@H]2C=CC[C@H]2C12CC2. The molecule has 3 atom stereocenters. The molecule has 0 aromatic rings. The summed E-state index contributed by atoms with van der Waals surface area (Å²) in [6.07, 6.45) is 8.29. The van der Waals surface area contributed by atoms with Crippen LogP contribution in [0.4, 0.5) is 0 Å². The Bertz CT molecular complexity index is 203. The third-order valence-corrected chi connectivity index (χ3v) is 3.73. The van der Waals surface area contributed by atoms with Gasteiger partial charge in [0, 0.05) is 11.3 Å². The first-order valence-corrected chi connectivity index (χ1v) is 4.19. The maximum atomic E-state index is 9.66. The summed E-state index contributed by atoms with van der Waals surface area (Å²) < 4.78 is 0. The average molecular weight is 136 g/mol. The lowest BCUT2D eigenvalue weighted by Crippen LogP contribution is -2.50. The van der Waals surface area contributed by atoms with Gasteiger partial charge in [-0.3, -0.25) is 0 Å². The molecule has 2 saturated carbocycles. The molecule has 10 heavy (non-hydrogen) atoms. The van der Waals surface area contributed by atoms with Crippen molar-refractivity contribution in [1.29, 1.82) is 0 Å². The van der Waals surface area contributed by atoms with E-state index in [1.165, 1.54) is 19.3 Å². The van der Waals surface area contributed by atoms with Crippen molar-refractivity contribution < 1.29 is 5.11 Å². The normalized spacial score (nSPS) is 52.7. The molecule has 0 aromatic carbocycles. The Morgan fingerprint density at radius 3 is 2.90 bits per heavy atom. The minimum Gasteiger partial charge on any atom is -0.392 e. The van der Waals surface area contributed by atoms with Gasteiger partial charge in [-0.15, -0.1) is 0 Å². The summed E-state index contributed by atoms with van der Waals surface area (Å²) in [6, 6.07) is 0. The van der Waals surface area contributed by atoms with E-state index in [2.05, 4.69) is 12.2 Å². The molecule has 0 unspecified atom stereocenters. The van der Waals surface area contributed by atoms with Gasteiger partial charge in [-0.05, 0) is 25.2 Å². The van der Waals surface area contributed by atoms with Gasteiger partial charge >= 0.3 is 0 Å². The topological polar surface area (TPSA) is 20.2 Å². The Labute approximate surface area is 60.7 Å². The number of hydrogen-bond acceptors (Lipinski definition) is 1. The Hall–Kier alpha value is -0.300. The van der Waals surface area contributed by atoms with Crippen LogP contribution >= 0.6 is 0 Å². The minimum absolute atomic E-state index is 0.0243. The molecule has 1 heteroatoms. The first-order chi connectivity index (χ1) is 4.84. The van der Waals surface area contributed by atoms with E-state index in [0.29, 0.717) is 11.3 Å². The standard InChI is InChI=1S/C9H12O/c10-8-6-2-1-3-7(6)9(8)4-5-9/h1-2,6-8,10H,3-5H2/t6-,7+,8-/m0/s1. The highest BCUT2D eigenvalue weighted by molar-refractivity contribution is 5.25. The lowest BCUT2D eigenvalue weighted by atomic mass is 9.61. The van der Waals surface area contributed by atoms with Crippen molar-refractivity contribution in [3.63, 3.8) is 0 Å². The highest BCUT2D eigenvalue weighted by atomic mass is 16.3. The van der Waals surface area contributed by atoms with E-state index in [1.54, 1.807) is 0 Å². The second-order valence-electron chi connectivity index (χ2n) is 4.03. The van der Waals surface area contributed by atoms with Crippen LogP contribution in [-0.2, 0) is 0 Å². The molecule has 0 saturated heterocycles. The van der Waals surface area contributed by atoms with Crippen molar-refractivity contribution in [2.75, 3.05) is 0 Å². The summed E-state index contributed by atoms with van der Waals surface area (Å²) in [4.78, 5) is 0. The summed E-state index contributed by atoms with van der Waals surface area (Å²) in [5.41, 5.74) is 0.425. The van der Waals surface area contributed by atoms with Crippen LogP contribution in [0.3, 0.4) is 0 Å². The highest BCUT2D eigenvalue weighted by Crippen LogP contribution is 2.69. The molecule has 0 aromatic heterocycles. The number of rotatable bonds is 0. The fourth-order valence-corrected chi connectivity index (χ4v) is 2.91. The summed E-state index contributed by atoms with van der Waals surface area (Å²) in [5.74, 6) is 1.38. The number of aliphatic hydroxyl groups excluding tert-OH is 1.